The lowest BCUT2D eigenvalue weighted by Crippen LogP contribution is -2.35. The van der Waals surface area contributed by atoms with E-state index < -0.39 is 21.4 Å². The normalized spacial score (nSPS) is 17.0. The van der Waals surface area contributed by atoms with Crippen molar-refractivity contribution in [3.8, 4) is 17.1 Å². The summed E-state index contributed by atoms with van der Waals surface area (Å²) in [5.74, 6) is 1.34. The van der Waals surface area contributed by atoms with Gasteiger partial charge in [0.15, 0.2) is 11.6 Å². The Labute approximate surface area is 204 Å². The van der Waals surface area contributed by atoms with Crippen LogP contribution in [-0.2, 0) is 19.5 Å². The van der Waals surface area contributed by atoms with Gasteiger partial charge in [-0.3, -0.25) is 14.3 Å². The molecule has 0 saturated heterocycles. The van der Waals surface area contributed by atoms with Crippen molar-refractivity contribution in [1.82, 2.24) is 29.7 Å². The van der Waals surface area contributed by atoms with Gasteiger partial charge in [0.1, 0.15) is 23.7 Å². The number of hydrogen-bond acceptors (Lipinski definition) is 10. The smallest absolute Gasteiger partial charge is 0.240 e. The van der Waals surface area contributed by atoms with Crippen LogP contribution in [0.3, 0.4) is 0 Å². The highest BCUT2D eigenvalue weighted by Gasteiger charge is 2.36. The number of hydrogen-bond donors (Lipinski definition) is 1. The van der Waals surface area contributed by atoms with Crippen LogP contribution >= 0.6 is 0 Å². The van der Waals surface area contributed by atoms with Crippen molar-refractivity contribution >= 4 is 16.0 Å². The molecular weight excluding hydrogens is 474 g/mol. The SMILES string of the molecule is CCCO[C@@H](c1ncc(C)cn1)[C@H](C)S(=O)(=O)Nc1nnc2n1[C@@H](COC)COc1cnccc1-2. The van der Waals surface area contributed by atoms with Gasteiger partial charge in [-0.15, -0.1) is 10.2 Å². The highest BCUT2D eigenvalue weighted by molar-refractivity contribution is 7.93. The lowest BCUT2D eigenvalue weighted by Gasteiger charge is -2.24. The molecule has 0 bridgehead atoms. The van der Waals surface area contributed by atoms with E-state index in [0.29, 0.717) is 36.0 Å². The number of aromatic nitrogens is 6. The van der Waals surface area contributed by atoms with Crippen molar-refractivity contribution in [2.75, 3.05) is 31.7 Å². The summed E-state index contributed by atoms with van der Waals surface area (Å²) in [4.78, 5) is 12.7. The quantitative estimate of drug-likeness (QED) is 0.438. The first-order valence-corrected chi connectivity index (χ1v) is 12.8. The molecule has 0 amide bonds. The molecule has 35 heavy (non-hydrogen) atoms. The zero-order valence-corrected chi connectivity index (χ0v) is 20.9. The number of ether oxygens (including phenoxy) is 3. The minimum atomic E-state index is -4.00. The van der Waals surface area contributed by atoms with Crippen molar-refractivity contribution in [3.05, 3.63) is 42.2 Å². The van der Waals surface area contributed by atoms with Gasteiger partial charge in [-0.2, -0.15) is 0 Å². The fourth-order valence-electron chi connectivity index (χ4n) is 3.74. The predicted molar refractivity (Wildman–Crippen MR) is 127 cm³/mol. The van der Waals surface area contributed by atoms with Crippen molar-refractivity contribution in [1.29, 1.82) is 0 Å². The van der Waals surface area contributed by atoms with E-state index in [1.165, 1.54) is 0 Å². The zero-order valence-electron chi connectivity index (χ0n) is 20.1. The molecule has 0 aromatic carbocycles. The molecule has 3 atom stereocenters. The number of sulfonamides is 1. The Bertz CT molecular complexity index is 1250. The second-order valence-electron chi connectivity index (χ2n) is 8.27. The minimum Gasteiger partial charge on any atom is -0.489 e. The maximum absolute atomic E-state index is 13.5. The number of methoxy groups -OCH3 is 1. The standard InChI is InChI=1S/C22H29N7O5S/c1-5-8-33-19(20-24-9-14(2)10-25-20)15(3)35(30,31)28-22-27-26-21-17-6-7-23-11-18(17)34-13-16(12-32-4)29(21)22/h6-7,9-11,15-16,19H,5,8,12-13H2,1-4H3,(H,27,28)/t15-,16-,19+/m0/s1. The summed E-state index contributed by atoms with van der Waals surface area (Å²) in [6, 6.07) is 1.37. The molecule has 1 N–H and O–H groups in total. The van der Waals surface area contributed by atoms with Gasteiger partial charge in [-0.1, -0.05) is 6.92 Å². The molecule has 0 saturated carbocycles. The fourth-order valence-corrected chi connectivity index (χ4v) is 4.85. The number of nitrogens with one attached hydrogen (secondary N) is 1. The highest BCUT2D eigenvalue weighted by atomic mass is 32.2. The zero-order chi connectivity index (χ0) is 25.0. The Kier molecular flexibility index (Phi) is 7.57. The van der Waals surface area contributed by atoms with Crippen LogP contribution in [0.25, 0.3) is 11.4 Å². The summed E-state index contributed by atoms with van der Waals surface area (Å²) in [5, 5.41) is 7.40. The Morgan fingerprint density at radius 1 is 1.26 bits per heavy atom. The number of pyridine rings is 1. The van der Waals surface area contributed by atoms with Crippen molar-refractivity contribution in [3.63, 3.8) is 0 Å². The van der Waals surface area contributed by atoms with E-state index >= 15 is 0 Å². The maximum atomic E-state index is 13.5. The molecule has 0 aliphatic carbocycles. The summed E-state index contributed by atoms with van der Waals surface area (Å²) in [6.45, 7) is 6.21. The first kappa shape index (κ1) is 24.9. The van der Waals surface area contributed by atoms with Crippen LogP contribution in [0.5, 0.6) is 5.75 Å². The van der Waals surface area contributed by atoms with Gasteiger partial charge in [-0.25, -0.2) is 18.4 Å². The summed E-state index contributed by atoms with van der Waals surface area (Å²) >= 11 is 0. The lowest BCUT2D eigenvalue weighted by atomic mass is 10.2. The Morgan fingerprint density at radius 3 is 2.74 bits per heavy atom. The number of aryl methyl sites for hydroxylation is 1. The van der Waals surface area contributed by atoms with Gasteiger partial charge in [0, 0.05) is 32.3 Å². The van der Waals surface area contributed by atoms with E-state index in [-0.39, 0.29) is 25.2 Å². The third-order valence-electron chi connectivity index (χ3n) is 5.58. The van der Waals surface area contributed by atoms with E-state index in [0.717, 1.165) is 5.56 Å². The van der Waals surface area contributed by atoms with Gasteiger partial charge < -0.3 is 14.2 Å². The van der Waals surface area contributed by atoms with Crippen LogP contribution in [-0.4, -0.2) is 70.3 Å². The molecule has 1 aliphatic heterocycles. The largest absolute Gasteiger partial charge is 0.489 e. The molecule has 4 heterocycles. The Hall–Kier alpha value is -3.16. The van der Waals surface area contributed by atoms with Gasteiger partial charge in [-0.05, 0) is 31.9 Å². The molecule has 13 heteroatoms. The summed E-state index contributed by atoms with van der Waals surface area (Å²) < 4.78 is 48.5. The monoisotopic (exact) mass is 503 g/mol. The predicted octanol–water partition coefficient (Wildman–Crippen LogP) is 2.32. The first-order valence-electron chi connectivity index (χ1n) is 11.3. The Balaban J connectivity index is 1.69. The summed E-state index contributed by atoms with van der Waals surface area (Å²) in [7, 11) is -2.44. The molecule has 12 nitrogen and oxygen atoms in total. The number of nitrogens with zero attached hydrogens (tertiary/aromatic N) is 6. The second-order valence-corrected chi connectivity index (χ2v) is 10.3. The molecule has 1 aliphatic rings. The molecule has 0 radical (unpaired) electrons. The van der Waals surface area contributed by atoms with Gasteiger partial charge >= 0.3 is 0 Å². The van der Waals surface area contributed by atoms with Gasteiger partial charge in [0.05, 0.1) is 24.4 Å². The molecule has 188 valence electrons. The average molecular weight is 504 g/mol. The van der Waals surface area contributed by atoms with Crippen molar-refractivity contribution < 1.29 is 22.6 Å². The summed E-state index contributed by atoms with van der Waals surface area (Å²) in [6.07, 6.45) is 6.32. The third kappa shape index (κ3) is 5.26. The highest BCUT2D eigenvalue weighted by Crippen LogP contribution is 2.36. The van der Waals surface area contributed by atoms with Crippen LogP contribution in [0.1, 0.15) is 43.8 Å². The van der Waals surface area contributed by atoms with Crippen LogP contribution in [0.15, 0.2) is 30.9 Å². The first-order chi connectivity index (χ1) is 16.9. The van der Waals surface area contributed by atoms with E-state index in [9.17, 15) is 8.42 Å². The maximum Gasteiger partial charge on any atom is 0.240 e. The van der Waals surface area contributed by atoms with E-state index in [4.69, 9.17) is 14.2 Å². The average Bonchev–Trinajstić information content (AvgIpc) is 3.18. The number of rotatable bonds is 10. The van der Waals surface area contributed by atoms with Crippen LogP contribution in [0.2, 0.25) is 0 Å². The summed E-state index contributed by atoms with van der Waals surface area (Å²) in [5.41, 5.74) is 1.52. The molecule has 0 fully saturated rings. The topological polar surface area (TPSA) is 143 Å². The Morgan fingerprint density at radius 2 is 2.03 bits per heavy atom. The molecule has 4 rings (SSSR count). The van der Waals surface area contributed by atoms with E-state index in [1.54, 1.807) is 49.5 Å². The number of anilines is 1. The molecule has 0 unspecified atom stereocenters. The molecule has 3 aromatic heterocycles. The van der Waals surface area contributed by atoms with Crippen LogP contribution in [0.4, 0.5) is 5.95 Å². The van der Waals surface area contributed by atoms with Gasteiger partial charge in [0.2, 0.25) is 16.0 Å². The van der Waals surface area contributed by atoms with Crippen LogP contribution < -0.4 is 9.46 Å². The molecule has 3 aromatic rings. The second kappa shape index (κ2) is 10.6. The van der Waals surface area contributed by atoms with Crippen LogP contribution in [0, 0.1) is 6.92 Å². The van der Waals surface area contributed by atoms with E-state index in [1.807, 2.05) is 13.8 Å². The molecular formula is C22H29N7O5S. The van der Waals surface area contributed by atoms with Crippen molar-refractivity contribution in [2.45, 2.75) is 44.6 Å². The molecule has 0 spiro atoms. The minimum absolute atomic E-state index is 0.0567. The fraction of sp³-hybridized carbons (Fsp3) is 0.500. The van der Waals surface area contributed by atoms with Gasteiger partial charge in [0.25, 0.3) is 0 Å². The lowest BCUT2D eigenvalue weighted by molar-refractivity contribution is 0.0466. The third-order valence-corrected chi connectivity index (χ3v) is 7.28. The number of fused-ring (bicyclic) bond motifs is 3. The van der Waals surface area contributed by atoms with Crippen molar-refractivity contribution in [2.24, 2.45) is 0 Å². The van der Waals surface area contributed by atoms with E-state index in [2.05, 4.69) is 29.9 Å².